The molecule has 0 radical (unpaired) electrons. The van der Waals surface area contributed by atoms with E-state index in [0.717, 1.165) is 12.1 Å². The van der Waals surface area contributed by atoms with Crippen molar-refractivity contribution in [2.75, 3.05) is 19.6 Å². The van der Waals surface area contributed by atoms with Crippen molar-refractivity contribution < 1.29 is 37.0 Å². The predicted molar refractivity (Wildman–Crippen MR) is 118 cm³/mol. The molecule has 0 saturated carbocycles. The monoisotopic (exact) mass is 487 g/mol. The molecule has 0 aromatic heterocycles. The number of alkyl halides is 3. The van der Waals surface area contributed by atoms with Crippen LogP contribution in [-0.2, 0) is 9.53 Å². The fraction of sp³-hybridized carbons (Fsp3) is 0.609. The number of nitrogens with one attached hydrogen (secondary N) is 1. The Kier molecular flexibility index (Phi) is 8.44. The molecule has 2 rings (SSSR count). The summed E-state index contributed by atoms with van der Waals surface area (Å²) >= 11 is 0. The Morgan fingerprint density at radius 2 is 1.65 bits per heavy atom. The molecule has 1 aromatic carbocycles. The standard InChI is InChI=1S/C23H32F3N3O5/c1-14(2)18(27-21(32)34-22(4,5)6)20(31)28-11-12-29(15(3)13-28)19(30)16-7-9-17(10-8-16)33-23(24,25)26/h7-10,14-15,18H,11-13H2,1-6H3,(H,27,32)/t15-,18+/m1/s1. The van der Waals surface area contributed by atoms with Crippen LogP contribution in [-0.4, -0.2) is 71.4 Å². The summed E-state index contributed by atoms with van der Waals surface area (Å²) in [5, 5.41) is 2.64. The van der Waals surface area contributed by atoms with E-state index < -0.39 is 29.8 Å². The second-order valence-corrected chi connectivity index (χ2v) is 9.57. The van der Waals surface area contributed by atoms with E-state index in [-0.39, 0.29) is 49.0 Å². The van der Waals surface area contributed by atoms with Gasteiger partial charge in [-0.15, -0.1) is 13.2 Å². The summed E-state index contributed by atoms with van der Waals surface area (Å²) in [5.74, 6) is -1.23. The van der Waals surface area contributed by atoms with Crippen molar-refractivity contribution in [2.45, 2.75) is 65.6 Å². The highest BCUT2D eigenvalue weighted by Crippen LogP contribution is 2.24. The Bertz CT molecular complexity index is 881. The van der Waals surface area contributed by atoms with Crippen molar-refractivity contribution in [3.8, 4) is 5.75 Å². The van der Waals surface area contributed by atoms with E-state index in [1.54, 1.807) is 37.5 Å². The minimum Gasteiger partial charge on any atom is -0.444 e. The molecule has 190 valence electrons. The number of amides is 3. The van der Waals surface area contributed by atoms with Gasteiger partial charge in [-0.25, -0.2) is 4.79 Å². The van der Waals surface area contributed by atoms with Crippen molar-refractivity contribution in [3.63, 3.8) is 0 Å². The van der Waals surface area contributed by atoms with E-state index in [1.165, 1.54) is 12.1 Å². The fourth-order valence-corrected chi connectivity index (χ4v) is 3.57. The summed E-state index contributed by atoms with van der Waals surface area (Å²) in [6.45, 7) is 11.3. The number of carbonyl (C=O) groups excluding carboxylic acids is 3. The van der Waals surface area contributed by atoms with Crippen LogP contribution >= 0.6 is 0 Å². The zero-order valence-corrected chi connectivity index (χ0v) is 20.2. The van der Waals surface area contributed by atoms with Gasteiger partial charge in [-0.05, 0) is 57.9 Å². The van der Waals surface area contributed by atoms with E-state index >= 15 is 0 Å². The average molecular weight is 488 g/mol. The van der Waals surface area contributed by atoms with Crippen LogP contribution in [0.5, 0.6) is 5.75 Å². The molecule has 0 unspecified atom stereocenters. The fourth-order valence-electron chi connectivity index (χ4n) is 3.57. The third kappa shape index (κ3) is 7.81. The number of ether oxygens (including phenoxy) is 2. The van der Waals surface area contributed by atoms with Crippen molar-refractivity contribution in [2.24, 2.45) is 5.92 Å². The Morgan fingerprint density at radius 3 is 2.12 bits per heavy atom. The van der Waals surface area contributed by atoms with Gasteiger partial charge in [0.1, 0.15) is 17.4 Å². The number of nitrogens with zero attached hydrogens (tertiary/aromatic N) is 2. The van der Waals surface area contributed by atoms with Gasteiger partial charge in [-0.3, -0.25) is 9.59 Å². The first-order valence-corrected chi connectivity index (χ1v) is 11.0. The van der Waals surface area contributed by atoms with Gasteiger partial charge < -0.3 is 24.6 Å². The Morgan fingerprint density at radius 1 is 1.06 bits per heavy atom. The first-order valence-electron chi connectivity index (χ1n) is 11.0. The van der Waals surface area contributed by atoms with Gasteiger partial charge in [-0.2, -0.15) is 0 Å². The lowest BCUT2D eigenvalue weighted by Crippen LogP contribution is -2.60. The number of piperazine rings is 1. The zero-order valence-electron chi connectivity index (χ0n) is 20.2. The van der Waals surface area contributed by atoms with Crippen molar-refractivity contribution in [1.82, 2.24) is 15.1 Å². The van der Waals surface area contributed by atoms with Gasteiger partial charge in [0, 0.05) is 31.2 Å². The summed E-state index contributed by atoms with van der Waals surface area (Å²) in [5.41, 5.74) is -0.487. The second-order valence-electron chi connectivity index (χ2n) is 9.57. The number of hydrogen-bond acceptors (Lipinski definition) is 5. The first kappa shape index (κ1) is 27.3. The highest BCUT2D eigenvalue weighted by Gasteiger charge is 2.36. The summed E-state index contributed by atoms with van der Waals surface area (Å²) in [6.07, 6.45) is -5.49. The van der Waals surface area contributed by atoms with Crippen LogP contribution in [0.1, 0.15) is 51.9 Å². The van der Waals surface area contributed by atoms with E-state index in [2.05, 4.69) is 10.1 Å². The molecule has 0 bridgehead atoms. The minimum atomic E-state index is -4.81. The van der Waals surface area contributed by atoms with Crippen LogP contribution in [0.25, 0.3) is 0 Å². The third-order valence-corrected chi connectivity index (χ3v) is 5.14. The number of benzene rings is 1. The Labute approximate surface area is 197 Å². The number of halogens is 3. The maximum atomic E-state index is 13.1. The molecular weight excluding hydrogens is 455 g/mol. The van der Waals surface area contributed by atoms with Crippen LogP contribution in [0.2, 0.25) is 0 Å². The van der Waals surface area contributed by atoms with Gasteiger partial charge >= 0.3 is 12.5 Å². The molecule has 1 N–H and O–H groups in total. The van der Waals surface area contributed by atoms with Crippen LogP contribution in [0.3, 0.4) is 0 Å². The lowest BCUT2D eigenvalue weighted by molar-refractivity contribution is -0.274. The molecule has 1 fully saturated rings. The summed E-state index contributed by atoms with van der Waals surface area (Å²) in [4.78, 5) is 41.4. The molecule has 11 heteroatoms. The van der Waals surface area contributed by atoms with E-state index in [0.29, 0.717) is 0 Å². The molecular formula is C23H32F3N3O5. The zero-order chi connectivity index (χ0) is 25.8. The first-order chi connectivity index (χ1) is 15.6. The molecule has 8 nitrogen and oxygen atoms in total. The maximum absolute atomic E-state index is 13.1. The summed E-state index contributed by atoms with van der Waals surface area (Å²) in [6, 6.07) is 3.58. The number of hydrogen-bond donors (Lipinski definition) is 1. The lowest BCUT2D eigenvalue weighted by Gasteiger charge is -2.41. The molecule has 3 amide bonds. The highest BCUT2D eigenvalue weighted by atomic mass is 19.4. The summed E-state index contributed by atoms with van der Waals surface area (Å²) < 4.78 is 46.1. The van der Waals surface area contributed by atoms with Crippen LogP contribution in [0.15, 0.2) is 24.3 Å². The van der Waals surface area contributed by atoms with Crippen molar-refractivity contribution >= 4 is 17.9 Å². The largest absolute Gasteiger partial charge is 0.573 e. The molecule has 1 aliphatic rings. The van der Waals surface area contributed by atoms with E-state index in [4.69, 9.17) is 4.74 Å². The van der Waals surface area contributed by atoms with Gasteiger partial charge in [0.05, 0.1) is 0 Å². The Balaban J connectivity index is 2.02. The number of rotatable bonds is 5. The van der Waals surface area contributed by atoms with Crippen molar-refractivity contribution in [3.05, 3.63) is 29.8 Å². The van der Waals surface area contributed by atoms with E-state index in [1.807, 2.05) is 13.8 Å². The summed E-state index contributed by atoms with van der Waals surface area (Å²) in [7, 11) is 0. The van der Waals surface area contributed by atoms with Gasteiger partial charge in [0.25, 0.3) is 5.91 Å². The molecule has 34 heavy (non-hydrogen) atoms. The second kappa shape index (κ2) is 10.5. The number of alkyl carbamates (subject to hydrolysis) is 1. The maximum Gasteiger partial charge on any atom is 0.573 e. The predicted octanol–water partition coefficient (Wildman–Crippen LogP) is 3.81. The average Bonchev–Trinajstić information content (AvgIpc) is 2.69. The third-order valence-electron chi connectivity index (χ3n) is 5.14. The normalized spacial score (nSPS) is 17.9. The van der Waals surface area contributed by atoms with Gasteiger partial charge in [-0.1, -0.05) is 13.8 Å². The van der Waals surface area contributed by atoms with Crippen LogP contribution in [0.4, 0.5) is 18.0 Å². The van der Waals surface area contributed by atoms with Crippen LogP contribution in [0, 0.1) is 5.92 Å². The minimum absolute atomic E-state index is 0.188. The molecule has 1 aromatic rings. The van der Waals surface area contributed by atoms with Crippen molar-refractivity contribution in [1.29, 1.82) is 0 Å². The molecule has 1 heterocycles. The SMILES string of the molecule is CC(C)[C@H](NC(=O)OC(C)(C)C)C(=O)N1CCN(C(=O)c2ccc(OC(F)(F)F)cc2)[C@H](C)C1. The molecule has 2 atom stereocenters. The number of carbonyl (C=O) groups is 3. The molecule has 1 aliphatic heterocycles. The van der Waals surface area contributed by atoms with Gasteiger partial charge in [0.2, 0.25) is 5.91 Å². The molecule has 1 saturated heterocycles. The smallest absolute Gasteiger partial charge is 0.444 e. The quantitative estimate of drug-likeness (QED) is 0.683. The topological polar surface area (TPSA) is 88.2 Å². The van der Waals surface area contributed by atoms with Crippen LogP contribution < -0.4 is 10.1 Å². The van der Waals surface area contributed by atoms with E-state index in [9.17, 15) is 27.6 Å². The molecule has 0 spiro atoms. The lowest BCUT2D eigenvalue weighted by atomic mass is 10.0. The molecule has 0 aliphatic carbocycles. The van der Waals surface area contributed by atoms with Gasteiger partial charge in [0.15, 0.2) is 0 Å². The Hall–Kier alpha value is -2.98. The highest BCUT2D eigenvalue weighted by molar-refractivity contribution is 5.95.